The van der Waals surface area contributed by atoms with Crippen molar-refractivity contribution in [1.82, 2.24) is 0 Å². The van der Waals surface area contributed by atoms with Crippen LogP contribution in [0, 0.1) is 5.82 Å². The molecule has 0 fully saturated rings. The van der Waals surface area contributed by atoms with Crippen molar-refractivity contribution < 1.29 is 13.9 Å². The first-order chi connectivity index (χ1) is 9.65. The number of hydrogen-bond acceptors (Lipinski definition) is 3. The first-order valence-electron chi connectivity index (χ1n) is 6.04. The molecule has 106 valence electrons. The van der Waals surface area contributed by atoms with Gasteiger partial charge in [-0.05, 0) is 18.2 Å². The van der Waals surface area contributed by atoms with E-state index in [9.17, 15) is 4.39 Å². The van der Waals surface area contributed by atoms with Crippen molar-refractivity contribution in [3.63, 3.8) is 0 Å². The van der Waals surface area contributed by atoms with Crippen LogP contribution in [-0.2, 0) is 6.54 Å². The fourth-order valence-corrected chi connectivity index (χ4v) is 1.99. The Balaban J connectivity index is 2.16. The zero-order valence-electron chi connectivity index (χ0n) is 11.2. The van der Waals surface area contributed by atoms with Crippen LogP contribution in [0.25, 0.3) is 0 Å². The second-order valence-corrected chi connectivity index (χ2v) is 4.54. The van der Waals surface area contributed by atoms with Gasteiger partial charge in [-0.25, -0.2) is 4.39 Å². The van der Waals surface area contributed by atoms with Gasteiger partial charge in [-0.1, -0.05) is 23.7 Å². The molecule has 20 heavy (non-hydrogen) atoms. The summed E-state index contributed by atoms with van der Waals surface area (Å²) in [4.78, 5) is 0. The third kappa shape index (κ3) is 3.14. The highest BCUT2D eigenvalue weighted by molar-refractivity contribution is 6.33. The number of benzene rings is 2. The molecule has 2 aromatic carbocycles. The zero-order chi connectivity index (χ0) is 14.5. The lowest BCUT2D eigenvalue weighted by molar-refractivity contribution is 0.384. The topological polar surface area (TPSA) is 30.5 Å². The Morgan fingerprint density at radius 2 is 1.95 bits per heavy atom. The number of hydrogen-bond donors (Lipinski definition) is 1. The van der Waals surface area contributed by atoms with Gasteiger partial charge in [-0.3, -0.25) is 0 Å². The highest BCUT2D eigenvalue weighted by atomic mass is 35.5. The number of ether oxygens (including phenoxy) is 2. The lowest BCUT2D eigenvalue weighted by Gasteiger charge is -2.12. The van der Waals surface area contributed by atoms with E-state index in [1.165, 1.54) is 7.11 Å². The summed E-state index contributed by atoms with van der Waals surface area (Å²) in [6, 6.07) is 10.3. The molecule has 3 nitrogen and oxygen atoms in total. The molecule has 0 atom stereocenters. The minimum atomic E-state index is -0.374. The molecule has 0 bridgehead atoms. The Morgan fingerprint density at radius 3 is 2.65 bits per heavy atom. The van der Waals surface area contributed by atoms with Crippen LogP contribution in [-0.4, -0.2) is 14.2 Å². The molecule has 0 heterocycles. The molecular formula is C15H15ClFNO2. The van der Waals surface area contributed by atoms with Gasteiger partial charge in [-0.2, -0.15) is 0 Å². The monoisotopic (exact) mass is 295 g/mol. The highest BCUT2D eigenvalue weighted by Gasteiger charge is 2.09. The summed E-state index contributed by atoms with van der Waals surface area (Å²) in [6.07, 6.45) is 0. The van der Waals surface area contributed by atoms with Gasteiger partial charge in [0.05, 0.1) is 24.9 Å². The van der Waals surface area contributed by atoms with E-state index in [1.54, 1.807) is 43.5 Å². The van der Waals surface area contributed by atoms with Gasteiger partial charge in [0.2, 0.25) is 0 Å². The standard InChI is InChI=1S/C15H15ClFNO2/c1-19-11-6-7-12(16)13(8-11)18-9-10-4-3-5-14(20-2)15(10)17/h3-8,18H,9H2,1-2H3. The molecule has 5 heteroatoms. The minimum absolute atomic E-state index is 0.223. The first-order valence-corrected chi connectivity index (χ1v) is 6.42. The van der Waals surface area contributed by atoms with Gasteiger partial charge in [0.25, 0.3) is 0 Å². The van der Waals surface area contributed by atoms with E-state index < -0.39 is 0 Å². The number of halogens is 2. The number of rotatable bonds is 5. The lowest BCUT2D eigenvalue weighted by atomic mass is 10.2. The Labute approximate surface area is 122 Å². The van der Waals surface area contributed by atoms with Gasteiger partial charge in [0.1, 0.15) is 5.75 Å². The number of methoxy groups -OCH3 is 2. The molecule has 1 N–H and O–H groups in total. The fraction of sp³-hybridized carbons (Fsp3) is 0.200. The largest absolute Gasteiger partial charge is 0.497 e. The molecule has 2 aromatic rings. The van der Waals surface area contributed by atoms with Gasteiger partial charge in [-0.15, -0.1) is 0 Å². The van der Waals surface area contributed by atoms with Crippen molar-refractivity contribution in [2.75, 3.05) is 19.5 Å². The zero-order valence-corrected chi connectivity index (χ0v) is 12.0. The number of nitrogens with one attached hydrogen (secondary N) is 1. The van der Waals surface area contributed by atoms with Crippen LogP contribution < -0.4 is 14.8 Å². The molecule has 0 amide bonds. The van der Waals surface area contributed by atoms with Gasteiger partial charge >= 0.3 is 0 Å². The second-order valence-electron chi connectivity index (χ2n) is 4.13. The van der Waals surface area contributed by atoms with Gasteiger partial charge < -0.3 is 14.8 Å². The normalized spacial score (nSPS) is 10.2. The van der Waals surface area contributed by atoms with Crippen LogP contribution in [0.3, 0.4) is 0 Å². The van der Waals surface area contributed by atoms with E-state index in [4.69, 9.17) is 21.1 Å². The summed E-state index contributed by atoms with van der Waals surface area (Å²) < 4.78 is 24.1. The average Bonchev–Trinajstić information content (AvgIpc) is 2.47. The summed E-state index contributed by atoms with van der Waals surface area (Å²) in [6.45, 7) is 0.302. The van der Waals surface area contributed by atoms with E-state index in [2.05, 4.69) is 5.32 Å². The minimum Gasteiger partial charge on any atom is -0.497 e. The fourth-order valence-electron chi connectivity index (χ4n) is 1.81. The predicted molar refractivity (Wildman–Crippen MR) is 78.3 cm³/mol. The average molecular weight is 296 g/mol. The van der Waals surface area contributed by atoms with Crippen molar-refractivity contribution in [3.8, 4) is 11.5 Å². The summed E-state index contributed by atoms with van der Waals surface area (Å²) in [5.74, 6) is 0.533. The van der Waals surface area contributed by atoms with Crippen LogP contribution >= 0.6 is 11.6 Å². The quantitative estimate of drug-likeness (QED) is 0.900. The first kappa shape index (κ1) is 14.5. The molecule has 0 aliphatic heterocycles. The summed E-state index contributed by atoms with van der Waals surface area (Å²) in [7, 11) is 3.02. The third-order valence-electron chi connectivity index (χ3n) is 2.91. The molecule has 0 aliphatic carbocycles. The van der Waals surface area contributed by atoms with E-state index in [0.717, 1.165) is 0 Å². The van der Waals surface area contributed by atoms with E-state index in [1.807, 2.05) is 0 Å². The molecular weight excluding hydrogens is 281 g/mol. The smallest absolute Gasteiger partial charge is 0.170 e. The van der Waals surface area contributed by atoms with E-state index in [-0.39, 0.29) is 11.6 Å². The van der Waals surface area contributed by atoms with Crippen LogP contribution in [0.5, 0.6) is 11.5 Å². The third-order valence-corrected chi connectivity index (χ3v) is 3.24. The Bertz CT molecular complexity index is 602. The van der Waals surface area contributed by atoms with Crippen molar-refractivity contribution >= 4 is 17.3 Å². The van der Waals surface area contributed by atoms with E-state index >= 15 is 0 Å². The maximum atomic E-state index is 14.0. The van der Waals surface area contributed by atoms with Crippen LogP contribution in [0.2, 0.25) is 5.02 Å². The Kier molecular flexibility index (Phi) is 4.69. The maximum Gasteiger partial charge on any atom is 0.170 e. The molecule has 0 radical (unpaired) electrons. The molecule has 0 spiro atoms. The molecule has 0 aliphatic rings. The van der Waals surface area contributed by atoms with Gasteiger partial charge in [0, 0.05) is 18.2 Å². The molecule has 0 aromatic heterocycles. The van der Waals surface area contributed by atoms with Gasteiger partial charge in [0.15, 0.2) is 11.6 Å². The molecule has 0 unspecified atom stereocenters. The van der Waals surface area contributed by atoms with Crippen LogP contribution in [0.4, 0.5) is 10.1 Å². The maximum absolute atomic E-state index is 14.0. The summed E-state index contributed by atoms with van der Waals surface area (Å²) >= 11 is 6.08. The summed E-state index contributed by atoms with van der Waals surface area (Å²) in [5, 5.41) is 3.64. The Morgan fingerprint density at radius 1 is 1.15 bits per heavy atom. The summed E-state index contributed by atoms with van der Waals surface area (Å²) in [5.41, 5.74) is 1.19. The lowest BCUT2D eigenvalue weighted by Crippen LogP contribution is -2.03. The van der Waals surface area contributed by atoms with Crippen molar-refractivity contribution in [1.29, 1.82) is 0 Å². The molecule has 2 rings (SSSR count). The Hall–Kier alpha value is -1.94. The number of anilines is 1. The van der Waals surface area contributed by atoms with Crippen LogP contribution in [0.15, 0.2) is 36.4 Å². The van der Waals surface area contributed by atoms with E-state index in [0.29, 0.717) is 28.6 Å². The van der Waals surface area contributed by atoms with Crippen molar-refractivity contribution in [2.24, 2.45) is 0 Å². The second kappa shape index (κ2) is 6.48. The van der Waals surface area contributed by atoms with Crippen molar-refractivity contribution in [3.05, 3.63) is 52.8 Å². The van der Waals surface area contributed by atoms with Crippen LogP contribution in [0.1, 0.15) is 5.56 Å². The predicted octanol–water partition coefficient (Wildman–Crippen LogP) is 4.11. The highest BCUT2D eigenvalue weighted by Crippen LogP contribution is 2.28. The molecule has 0 saturated carbocycles. The van der Waals surface area contributed by atoms with Crippen molar-refractivity contribution in [2.45, 2.75) is 6.54 Å². The SMILES string of the molecule is COc1ccc(Cl)c(NCc2cccc(OC)c2F)c1. The molecule has 0 saturated heterocycles.